The number of imidazole rings is 1. The first-order valence-corrected chi connectivity index (χ1v) is 12.4. The molecule has 188 valence electrons. The van der Waals surface area contributed by atoms with Crippen molar-refractivity contribution in [2.45, 2.75) is 39.0 Å². The van der Waals surface area contributed by atoms with E-state index in [-0.39, 0.29) is 12.2 Å². The molecule has 8 nitrogen and oxygen atoms in total. The first-order valence-electron chi connectivity index (χ1n) is 12.4. The number of nitrogens with zero attached hydrogens (tertiary/aromatic N) is 5. The number of rotatable bonds is 7. The number of nitrogens with one attached hydrogen (secondary N) is 1. The molecule has 2 unspecified atom stereocenters. The number of aryl methyl sites for hydroxylation is 1. The van der Waals surface area contributed by atoms with Gasteiger partial charge in [0.2, 0.25) is 0 Å². The molecule has 0 amide bonds. The number of hydrogen-bond acceptors (Lipinski definition) is 7. The molecule has 0 saturated carbocycles. The summed E-state index contributed by atoms with van der Waals surface area (Å²) in [5, 5.41) is 3.10. The number of morpholine rings is 1. The first-order chi connectivity index (χ1) is 17.6. The second-order valence-corrected chi connectivity index (χ2v) is 9.05. The van der Waals surface area contributed by atoms with E-state index in [1.54, 1.807) is 18.3 Å². The molecule has 1 aliphatic rings. The van der Waals surface area contributed by atoms with Crippen LogP contribution in [0.25, 0.3) is 22.3 Å². The third-order valence-corrected chi connectivity index (χ3v) is 5.97. The minimum atomic E-state index is 0.136. The maximum atomic E-state index is 11.1. The van der Waals surface area contributed by atoms with Crippen LogP contribution < -0.4 is 10.2 Å². The first kappa shape index (κ1) is 25.5. The molecule has 2 aromatic carbocycles. The predicted octanol–water partition coefficient (Wildman–Crippen LogP) is 4.22. The van der Waals surface area contributed by atoms with E-state index in [1.165, 1.54) is 0 Å². The SMILES string of the molecule is CC1CN(c2nc3ccc(C=O)cc3nc2-c2ccccc2)CC(C)O1.CNCCCn1ccnc1. The van der Waals surface area contributed by atoms with Crippen molar-refractivity contribution in [2.75, 3.05) is 31.6 Å². The van der Waals surface area contributed by atoms with Crippen LogP contribution in [0.2, 0.25) is 0 Å². The highest BCUT2D eigenvalue weighted by Gasteiger charge is 2.26. The van der Waals surface area contributed by atoms with Gasteiger partial charge >= 0.3 is 0 Å². The standard InChI is InChI=1S/C21H21N3O2.C7H13N3/c1-14-11-24(12-15(2)26-14)21-20(17-6-4-3-5-7-17)22-19-10-16(13-25)8-9-18(19)23-21;1-8-3-2-5-10-6-4-9-7-10/h3-10,13-15H,11-12H2,1-2H3;4,6-8H,2-3,5H2,1H3. The number of aldehydes is 1. The molecule has 0 aliphatic carbocycles. The summed E-state index contributed by atoms with van der Waals surface area (Å²) >= 11 is 0. The zero-order valence-electron chi connectivity index (χ0n) is 21.2. The molecule has 1 saturated heterocycles. The predicted molar refractivity (Wildman–Crippen MR) is 143 cm³/mol. The van der Waals surface area contributed by atoms with Crippen LogP contribution in [0.1, 0.15) is 30.6 Å². The van der Waals surface area contributed by atoms with Crippen LogP contribution >= 0.6 is 0 Å². The van der Waals surface area contributed by atoms with Crippen molar-refractivity contribution in [1.82, 2.24) is 24.8 Å². The minimum absolute atomic E-state index is 0.136. The number of fused-ring (bicyclic) bond motifs is 1. The number of carbonyl (C=O) groups excluding carboxylic acids is 1. The summed E-state index contributed by atoms with van der Waals surface area (Å²) in [6.07, 6.45) is 7.90. The summed E-state index contributed by atoms with van der Waals surface area (Å²) in [5.41, 5.74) is 3.97. The van der Waals surface area contributed by atoms with Gasteiger partial charge in [-0.2, -0.15) is 0 Å². The third-order valence-electron chi connectivity index (χ3n) is 5.97. The Morgan fingerprint density at radius 2 is 1.83 bits per heavy atom. The zero-order valence-corrected chi connectivity index (χ0v) is 21.2. The average Bonchev–Trinajstić information content (AvgIpc) is 3.42. The van der Waals surface area contributed by atoms with Gasteiger partial charge in [0, 0.05) is 43.2 Å². The Morgan fingerprint density at radius 1 is 1.06 bits per heavy atom. The lowest BCUT2D eigenvalue weighted by Crippen LogP contribution is -2.46. The summed E-state index contributed by atoms with van der Waals surface area (Å²) in [4.78, 5) is 27.1. The number of aromatic nitrogens is 4. The molecule has 3 heterocycles. The van der Waals surface area contributed by atoms with Crippen molar-refractivity contribution >= 4 is 23.1 Å². The van der Waals surface area contributed by atoms with Gasteiger partial charge in [-0.1, -0.05) is 30.3 Å². The van der Waals surface area contributed by atoms with Crippen molar-refractivity contribution in [2.24, 2.45) is 0 Å². The average molecular weight is 487 g/mol. The van der Waals surface area contributed by atoms with E-state index in [4.69, 9.17) is 14.7 Å². The second kappa shape index (κ2) is 12.4. The van der Waals surface area contributed by atoms with Crippen molar-refractivity contribution in [3.05, 3.63) is 72.8 Å². The van der Waals surface area contributed by atoms with E-state index in [0.717, 1.165) is 67.0 Å². The van der Waals surface area contributed by atoms with Gasteiger partial charge in [0.1, 0.15) is 12.0 Å². The molecule has 5 rings (SSSR count). The van der Waals surface area contributed by atoms with Crippen LogP contribution in [0.5, 0.6) is 0 Å². The lowest BCUT2D eigenvalue weighted by Gasteiger charge is -2.36. The molecule has 0 radical (unpaired) electrons. The molecule has 36 heavy (non-hydrogen) atoms. The molecule has 4 aromatic rings. The zero-order chi connectivity index (χ0) is 25.3. The van der Waals surface area contributed by atoms with Crippen molar-refractivity contribution in [3.8, 4) is 11.3 Å². The number of anilines is 1. The molecule has 2 aromatic heterocycles. The van der Waals surface area contributed by atoms with E-state index in [9.17, 15) is 4.79 Å². The van der Waals surface area contributed by atoms with Gasteiger partial charge in [-0.05, 0) is 52.1 Å². The highest BCUT2D eigenvalue weighted by atomic mass is 16.5. The number of benzene rings is 2. The Morgan fingerprint density at radius 3 is 2.50 bits per heavy atom. The third kappa shape index (κ3) is 6.53. The maximum absolute atomic E-state index is 11.1. The second-order valence-electron chi connectivity index (χ2n) is 9.05. The summed E-state index contributed by atoms with van der Waals surface area (Å²) in [6.45, 7) is 7.83. The van der Waals surface area contributed by atoms with Crippen molar-refractivity contribution < 1.29 is 9.53 Å². The fraction of sp³-hybridized carbons (Fsp3) is 0.357. The quantitative estimate of drug-likeness (QED) is 0.309. The molecule has 1 fully saturated rings. The van der Waals surface area contributed by atoms with E-state index >= 15 is 0 Å². The number of ether oxygens (including phenoxy) is 1. The summed E-state index contributed by atoms with van der Waals surface area (Å²) in [6, 6.07) is 15.5. The summed E-state index contributed by atoms with van der Waals surface area (Å²) in [7, 11) is 1.97. The lowest BCUT2D eigenvalue weighted by molar-refractivity contribution is -0.00542. The summed E-state index contributed by atoms with van der Waals surface area (Å²) in [5.74, 6) is 0.865. The van der Waals surface area contributed by atoms with E-state index in [2.05, 4.69) is 33.6 Å². The topological polar surface area (TPSA) is 85.2 Å². The highest BCUT2D eigenvalue weighted by molar-refractivity contribution is 5.88. The van der Waals surface area contributed by atoms with Crippen LogP contribution in [0.4, 0.5) is 5.82 Å². The van der Waals surface area contributed by atoms with E-state index < -0.39 is 0 Å². The van der Waals surface area contributed by atoms with Crippen LogP contribution in [-0.2, 0) is 11.3 Å². The van der Waals surface area contributed by atoms with Crippen LogP contribution in [0.15, 0.2) is 67.3 Å². The van der Waals surface area contributed by atoms with Gasteiger partial charge in [-0.25, -0.2) is 15.0 Å². The summed E-state index contributed by atoms with van der Waals surface area (Å²) < 4.78 is 7.95. The van der Waals surface area contributed by atoms with Gasteiger partial charge in [0.05, 0.1) is 29.6 Å². The van der Waals surface area contributed by atoms with E-state index in [1.807, 2.05) is 56.0 Å². The molecule has 2 atom stereocenters. The van der Waals surface area contributed by atoms with Gasteiger partial charge in [-0.15, -0.1) is 0 Å². The molecule has 1 N–H and O–H groups in total. The number of carbonyl (C=O) groups is 1. The lowest BCUT2D eigenvalue weighted by atomic mass is 10.1. The van der Waals surface area contributed by atoms with Crippen molar-refractivity contribution in [1.29, 1.82) is 0 Å². The maximum Gasteiger partial charge on any atom is 0.156 e. The molecule has 8 heteroatoms. The Bertz CT molecular complexity index is 1240. The minimum Gasteiger partial charge on any atom is -0.372 e. The van der Waals surface area contributed by atoms with Gasteiger partial charge in [0.25, 0.3) is 0 Å². The Balaban J connectivity index is 0.000000256. The Kier molecular flexibility index (Phi) is 8.76. The van der Waals surface area contributed by atoms with Gasteiger partial charge in [0.15, 0.2) is 5.82 Å². The highest BCUT2D eigenvalue weighted by Crippen LogP contribution is 2.31. The molecule has 1 aliphatic heterocycles. The largest absolute Gasteiger partial charge is 0.372 e. The Labute approximate surface area is 212 Å². The number of hydrogen-bond donors (Lipinski definition) is 1. The Hall–Kier alpha value is -3.62. The monoisotopic (exact) mass is 486 g/mol. The molecular weight excluding hydrogens is 452 g/mol. The molecule has 0 spiro atoms. The normalized spacial score (nSPS) is 17.5. The van der Waals surface area contributed by atoms with Crippen LogP contribution in [0.3, 0.4) is 0 Å². The van der Waals surface area contributed by atoms with E-state index in [0.29, 0.717) is 5.56 Å². The van der Waals surface area contributed by atoms with Gasteiger partial charge in [-0.3, -0.25) is 4.79 Å². The van der Waals surface area contributed by atoms with Crippen LogP contribution in [-0.4, -0.2) is 64.7 Å². The van der Waals surface area contributed by atoms with Crippen molar-refractivity contribution in [3.63, 3.8) is 0 Å². The molecule has 0 bridgehead atoms. The van der Waals surface area contributed by atoms with Gasteiger partial charge < -0.3 is 19.5 Å². The fourth-order valence-corrected chi connectivity index (χ4v) is 4.35. The van der Waals surface area contributed by atoms with Crippen LogP contribution in [0, 0.1) is 0 Å². The smallest absolute Gasteiger partial charge is 0.156 e. The molecular formula is C28H34N6O2. The fourth-order valence-electron chi connectivity index (χ4n) is 4.35.